The van der Waals surface area contributed by atoms with E-state index in [2.05, 4.69) is 15.6 Å². The molecular formula is C22H25FN4O2. The number of unbranched alkanes of at least 4 members (excludes halogenated alkanes) is 2. The van der Waals surface area contributed by atoms with E-state index < -0.39 is 0 Å². The molecule has 1 heterocycles. The summed E-state index contributed by atoms with van der Waals surface area (Å²) in [5.74, 6) is -0.428. The van der Waals surface area contributed by atoms with Crippen LogP contribution in [0.15, 0.2) is 60.8 Å². The molecule has 1 aromatic heterocycles. The SMILES string of the molecule is O=C(COCc1ccc(F)cc1)NCCCCCn1cc(-c2ccccc2)nn1. The summed E-state index contributed by atoms with van der Waals surface area (Å²) < 4.78 is 20.0. The van der Waals surface area contributed by atoms with Crippen LogP contribution >= 0.6 is 0 Å². The highest BCUT2D eigenvalue weighted by molar-refractivity contribution is 5.77. The summed E-state index contributed by atoms with van der Waals surface area (Å²) in [7, 11) is 0. The molecule has 0 unspecified atom stereocenters. The first-order chi connectivity index (χ1) is 14.2. The fourth-order valence-corrected chi connectivity index (χ4v) is 2.85. The third-order valence-electron chi connectivity index (χ3n) is 4.41. The van der Waals surface area contributed by atoms with Crippen LogP contribution in [0.5, 0.6) is 0 Å². The van der Waals surface area contributed by atoms with Crippen LogP contribution in [0.2, 0.25) is 0 Å². The van der Waals surface area contributed by atoms with Gasteiger partial charge >= 0.3 is 0 Å². The standard InChI is InChI=1S/C22H25FN4O2/c23-20-11-9-18(10-12-20)16-29-17-22(28)24-13-5-2-6-14-27-15-21(25-26-27)19-7-3-1-4-8-19/h1,3-4,7-12,15H,2,5-6,13-14,16-17H2,(H,24,28). The highest BCUT2D eigenvalue weighted by Crippen LogP contribution is 2.15. The van der Waals surface area contributed by atoms with E-state index in [9.17, 15) is 9.18 Å². The van der Waals surface area contributed by atoms with Crippen molar-refractivity contribution in [2.24, 2.45) is 0 Å². The average molecular weight is 396 g/mol. The topological polar surface area (TPSA) is 69.0 Å². The number of amides is 1. The van der Waals surface area contributed by atoms with Crippen LogP contribution in [0, 0.1) is 5.82 Å². The van der Waals surface area contributed by atoms with E-state index in [1.165, 1.54) is 12.1 Å². The smallest absolute Gasteiger partial charge is 0.246 e. The van der Waals surface area contributed by atoms with Gasteiger partial charge in [-0.2, -0.15) is 0 Å². The molecule has 0 radical (unpaired) electrons. The van der Waals surface area contributed by atoms with Gasteiger partial charge in [-0.1, -0.05) is 47.7 Å². The maximum absolute atomic E-state index is 12.8. The van der Waals surface area contributed by atoms with Gasteiger partial charge in [0, 0.05) is 18.7 Å². The molecule has 152 valence electrons. The lowest BCUT2D eigenvalue weighted by molar-refractivity contribution is -0.126. The summed E-state index contributed by atoms with van der Waals surface area (Å²) in [5.41, 5.74) is 2.77. The number of ether oxygens (including phenoxy) is 1. The maximum atomic E-state index is 12.8. The quantitative estimate of drug-likeness (QED) is 0.503. The Morgan fingerprint density at radius 2 is 1.83 bits per heavy atom. The number of nitrogens with zero attached hydrogens (tertiary/aromatic N) is 3. The summed E-state index contributed by atoms with van der Waals surface area (Å²) >= 11 is 0. The Balaban J connectivity index is 1.23. The zero-order chi connectivity index (χ0) is 20.3. The van der Waals surface area contributed by atoms with Gasteiger partial charge in [0.05, 0.1) is 12.8 Å². The Bertz CT molecular complexity index is 881. The zero-order valence-corrected chi connectivity index (χ0v) is 16.3. The summed E-state index contributed by atoms with van der Waals surface area (Å²) in [6.45, 7) is 1.70. The van der Waals surface area contributed by atoms with Crippen molar-refractivity contribution in [1.82, 2.24) is 20.3 Å². The van der Waals surface area contributed by atoms with Crippen molar-refractivity contribution in [2.75, 3.05) is 13.2 Å². The molecule has 0 spiro atoms. The minimum atomic E-state index is -0.285. The molecule has 0 aliphatic heterocycles. The lowest BCUT2D eigenvalue weighted by Crippen LogP contribution is -2.28. The lowest BCUT2D eigenvalue weighted by Gasteiger charge is -2.06. The summed E-state index contributed by atoms with van der Waals surface area (Å²) in [4.78, 5) is 11.8. The van der Waals surface area contributed by atoms with Gasteiger partial charge in [0.1, 0.15) is 18.1 Å². The molecule has 6 nitrogen and oxygen atoms in total. The summed E-state index contributed by atoms with van der Waals surface area (Å²) in [5, 5.41) is 11.2. The second-order valence-corrected chi connectivity index (χ2v) is 6.76. The first kappa shape index (κ1) is 20.7. The zero-order valence-electron chi connectivity index (χ0n) is 16.3. The van der Waals surface area contributed by atoms with E-state index in [-0.39, 0.29) is 24.9 Å². The molecule has 0 aliphatic carbocycles. The molecule has 29 heavy (non-hydrogen) atoms. The second kappa shape index (κ2) is 11.1. The van der Waals surface area contributed by atoms with E-state index in [1.807, 2.05) is 41.2 Å². The minimum Gasteiger partial charge on any atom is -0.367 e. The van der Waals surface area contributed by atoms with Crippen LogP contribution in [0.3, 0.4) is 0 Å². The fraction of sp³-hybridized carbons (Fsp3) is 0.318. The van der Waals surface area contributed by atoms with Crippen LogP contribution in [0.1, 0.15) is 24.8 Å². The van der Waals surface area contributed by atoms with E-state index >= 15 is 0 Å². The predicted octanol–water partition coefficient (Wildman–Crippen LogP) is 3.59. The molecule has 0 fully saturated rings. The monoisotopic (exact) mass is 396 g/mol. The number of nitrogens with one attached hydrogen (secondary N) is 1. The number of carbonyl (C=O) groups excluding carboxylic acids is 1. The van der Waals surface area contributed by atoms with Gasteiger partial charge in [-0.15, -0.1) is 5.10 Å². The third kappa shape index (κ3) is 7.12. The maximum Gasteiger partial charge on any atom is 0.246 e. The fourth-order valence-electron chi connectivity index (χ4n) is 2.85. The number of carbonyl (C=O) groups is 1. The molecule has 1 amide bonds. The summed E-state index contributed by atoms with van der Waals surface area (Å²) in [6, 6.07) is 16.0. The van der Waals surface area contributed by atoms with Crippen molar-refractivity contribution in [3.05, 3.63) is 72.2 Å². The van der Waals surface area contributed by atoms with Crippen LogP contribution in [-0.4, -0.2) is 34.1 Å². The van der Waals surface area contributed by atoms with Gasteiger partial charge < -0.3 is 10.1 Å². The minimum absolute atomic E-state index is 0.00139. The van der Waals surface area contributed by atoms with Gasteiger partial charge in [-0.25, -0.2) is 4.39 Å². The number of hydrogen-bond donors (Lipinski definition) is 1. The Kier molecular flexibility index (Phi) is 7.89. The average Bonchev–Trinajstić information content (AvgIpc) is 3.22. The first-order valence-electron chi connectivity index (χ1n) is 9.75. The molecule has 7 heteroatoms. The van der Waals surface area contributed by atoms with Gasteiger partial charge in [-0.05, 0) is 37.0 Å². The van der Waals surface area contributed by atoms with Crippen LogP contribution in [0.25, 0.3) is 11.3 Å². The van der Waals surface area contributed by atoms with Crippen molar-refractivity contribution in [2.45, 2.75) is 32.4 Å². The van der Waals surface area contributed by atoms with Crippen molar-refractivity contribution < 1.29 is 13.9 Å². The molecule has 0 bridgehead atoms. The largest absolute Gasteiger partial charge is 0.367 e. The predicted molar refractivity (Wildman–Crippen MR) is 108 cm³/mol. The molecule has 0 atom stereocenters. The lowest BCUT2D eigenvalue weighted by atomic mass is 10.2. The van der Waals surface area contributed by atoms with Crippen LogP contribution in [-0.2, 0) is 22.7 Å². The number of halogens is 1. The highest BCUT2D eigenvalue weighted by atomic mass is 19.1. The molecular weight excluding hydrogens is 371 g/mol. The van der Waals surface area contributed by atoms with E-state index in [1.54, 1.807) is 12.1 Å². The van der Waals surface area contributed by atoms with Crippen molar-refractivity contribution in [1.29, 1.82) is 0 Å². The van der Waals surface area contributed by atoms with E-state index in [4.69, 9.17) is 4.74 Å². The van der Waals surface area contributed by atoms with Gasteiger partial charge in [0.25, 0.3) is 0 Å². The molecule has 3 rings (SSSR count). The number of aromatic nitrogens is 3. The van der Waals surface area contributed by atoms with E-state index in [0.717, 1.165) is 42.6 Å². The highest BCUT2D eigenvalue weighted by Gasteiger charge is 2.04. The molecule has 0 saturated heterocycles. The molecule has 1 N–H and O–H groups in total. The summed E-state index contributed by atoms with van der Waals surface area (Å²) in [6.07, 6.45) is 4.80. The molecule has 0 aliphatic rings. The normalized spacial score (nSPS) is 10.8. The Hall–Kier alpha value is -3.06. The van der Waals surface area contributed by atoms with E-state index in [0.29, 0.717) is 6.54 Å². The van der Waals surface area contributed by atoms with Crippen molar-refractivity contribution in [3.8, 4) is 11.3 Å². The van der Waals surface area contributed by atoms with Crippen molar-refractivity contribution >= 4 is 5.91 Å². The first-order valence-corrected chi connectivity index (χ1v) is 9.75. The Morgan fingerprint density at radius 3 is 2.62 bits per heavy atom. The molecule has 0 saturated carbocycles. The Morgan fingerprint density at radius 1 is 1.03 bits per heavy atom. The van der Waals surface area contributed by atoms with Crippen LogP contribution in [0.4, 0.5) is 4.39 Å². The third-order valence-corrected chi connectivity index (χ3v) is 4.41. The van der Waals surface area contributed by atoms with Crippen molar-refractivity contribution in [3.63, 3.8) is 0 Å². The van der Waals surface area contributed by atoms with Gasteiger partial charge in [-0.3, -0.25) is 9.48 Å². The number of benzene rings is 2. The van der Waals surface area contributed by atoms with Gasteiger partial charge in [0.2, 0.25) is 5.91 Å². The van der Waals surface area contributed by atoms with Crippen LogP contribution < -0.4 is 5.32 Å². The number of aryl methyl sites for hydroxylation is 1. The second-order valence-electron chi connectivity index (χ2n) is 6.76. The number of rotatable bonds is 11. The molecule has 3 aromatic rings. The van der Waals surface area contributed by atoms with Gasteiger partial charge in [0.15, 0.2) is 0 Å². The number of hydrogen-bond acceptors (Lipinski definition) is 4. The Labute approximate surface area is 169 Å². The molecule has 2 aromatic carbocycles.